The van der Waals surface area contributed by atoms with Gasteiger partial charge in [0.1, 0.15) is 10.7 Å². The lowest BCUT2D eigenvalue weighted by Crippen LogP contribution is -2.25. The van der Waals surface area contributed by atoms with E-state index in [1.165, 1.54) is 13.0 Å². The Morgan fingerprint density at radius 3 is 2.84 bits per heavy atom. The number of anilines is 1. The molecule has 19 heavy (non-hydrogen) atoms. The molecule has 102 valence electrons. The highest BCUT2D eigenvalue weighted by atomic mass is 32.2. The molecule has 10 heteroatoms. The number of hydrogen-bond donors (Lipinski definition) is 3. The molecule has 1 aromatic carbocycles. The van der Waals surface area contributed by atoms with Gasteiger partial charge in [-0.2, -0.15) is 5.21 Å². The van der Waals surface area contributed by atoms with Crippen LogP contribution in [0.1, 0.15) is 11.4 Å². The first-order valence-electron chi connectivity index (χ1n) is 5.18. The highest BCUT2D eigenvalue weighted by Gasteiger charge is 2.21. The van der Waals surface area contributed by atoms with Crippen LogP contribution in [0.15, 0.2) is 17.0 Å². The van der Waals surface area contributed by atoms with Crippen LogP contribution in [-0.4, -0.2) is 29.0 Å². The lowest BCUT2D eigenvalue weighted by molar-refractivity contribution is 0.552. The predicted molar refractivity (Wildman–Crippen MR) is 63.8 cm³/mol. The number of sulfonamides is 1. The third kappa shape index (κ3) is 2.85. The van der Waals surface area contributed by atoms with Crippen LogP contribution in [0.3, 0.4) is 0 Å². The van der Waals surface area contributed by atoms with Gasteiger partial charge < -0.3 is 5.73 Å². The number of rotatable bonds is 4. The van der Waals surface area contributed by atoms with Crippen LogP contribution in [-0.2, 0) is 16.6 Å². The number of H-pyrrole nitrogens is 1. The maximum atomic E-state index is 13.8. The van der Waals surface area contributed by atoms with Crippen molar-refractivity contribution in [1.82, 2.24) is 25.3 Å². The summed E-state index contributed by atoms with van der Waals surface area (Å²) in [5.74, 6) is -0.695. The molecule has 0 saturated carbocycles. The van der Waals surface area contributed by atoms with E-state index in [4.69, 9.17) is 5.73 Å². The molecule has 4 N–H and O–H groups in total. The molecule has 0 spiro atoms. The number of aryl methyl sites for hydroxylation is 1. The first-order chi connectivity index (χ1) is 8.90. The van der Waals surface area contributed by atoms with Crippen molar-refractivity contribution in [2.45, 2.75) is 18.4 Å². The molecule has 0 aliphatic carbocycles. The maximum Gasteiger partial charge on any atom is 0.243 e. The third-order valence-electron chi connectivity index (χ3n) is 2.34. The number of nitrogens with one attached hydrogen (secondary N) is 2. The van der Waals surface area contributed by atoms with Crippen LogP contribution in [0.4, 0.5) is 10.1 Å². The first-order valence-corrected chi connectivity index (χ1v) is 6.66. The van der Waals surface area contributed by atoms with Crippen molar-refractivity contribution in [2.75, 3.05) is 5.73 Å². The van der Waals surface area contributed by atoms with E-state index in [1.807, 2.05) is 0 Å². The summed E-state index contributed by atoms with van der Waals surface area (Å²) in [6.45, 7) is 1.23. The molecule has 2 rings (SSSR count). The Morgan fingerprint density at radius 2 is 2.21 bits per heavy atom. The van der Waals surface area contributed by atoms with E-state index in [0.717, 1.165) is 6.07 Å². The Balaban J connectivity index is 2.29. The minimum Gasteiger partial charge on any atom is -0.399 e. The minimum atomic E-state index is -4.04. The zero-order chi connectivity index (χ0) is 14.0. The zero-order valence-corrected chi connectivity index (χ0v) is 10.7. The summed E-state index contributed by atoms with van der Waals surface area (Å²) >= 11 is 0. The van der Waals surface area contributed by atoms with Crippen molar-refractivity contribution in [3.05, 3.63) is 29.3 Å². The molecule has 8 nitrogen and oxygen atoms in total. The molecule has 0 unspecified atom stereocenters. The maximum absolute atomic E-state index is 13.8. The Kier molecular flexibility index (Phi) is 3.44. The number of benzene rings is 1. The number of halogens is 1. The number of hydrogen-bond acceptors (Lipinski definition) is 6. The van der Waals surface area contributed by atoms with Gasteiger partial charge in [0.15, 0.2) is 5.82 Å². The second-order valence-corrected chi connectivity index (χ2v) is 5.54. The second kappa shape index (κ2) is 4.90. The van der Waals surface area contributed by atoms with Crippen LogP contribution in [0.5, 0.6) is 0 Å². The van der Waals surface area contributed by atoms with E-state index in [9.17, 15) is 12.8 Å². The number of tetrazole rings is 1. The fraction of sp³-hybridized carbons (Fsp3) is 0.222. The highest BCUT2D eigenvalue weighted by molar-refractivity contribution is 7.89. The SMILES string of the molecule is Cc1cc(N)cc(S(=O)(=O)NCc2nn[nH]n2)c1F. The molecular formula is C9H11FN6O2S. The average molecular weight is 286 g/mol. The molecular weight excluding hydrogens is 275 g/mol. The molecule has 1 heterocycles. The van der Waals surface area contributed by atoms with Crippen molar-refractivity contribution in [3.8, 4) is 0 Å². The standard InChI is InChI=1S/C9H11FN6O2S/c1-5-2-6(11)3-7(9(5)10)19(17,18)12-4-8-13-15-16-14-8/h2-3,12H,4,11H2,1H3,(H,13,14,15,16). The molecule has 0 fully saturated rings. The van der Waals surface area contributed by atoms with Gasteiger partial charge in [-0.1, -0.05) is 5.21 Å². The van der Waals surface area contributed by atoms with E-state index in [2.05, 4.69) is 25.3 Å². The van der Waals surface area contributed by atoms with E-state index in [0.29, 0.717) is 0 Å². The quantitative estimate of drug-likeness (QED) is 0.663. The van der Waals surface area contributed by atoms with Crippen molar-refractivity contribution in [1.29, 1.82) is 0 Å². The molecule has 1 aromatic heterocycles. The van der Waals surface area contributed by atoms with Crippen molar-refractivity contribution < 1.29 is 12.8 Å². The van der Waals surface area contributed by atoms with E-state index < -0.39 is 20.7 Å². The van der Waals surface area contributed by atoms with E-state index in [1.54, 1.807) is 0 Å². The fourth-order valence-corrected chi connectivity index (χ4v) is 2.62. The lowest BCUT2D eigenvalue weighted by Gasteiger charge is -2.08. The van der Waals surface area contributed by atoms with Gasteiger partial charge in [-0.15, -0.1) is 10.2 Å². The van der Waals surface area contributed by atoms with E-state index in [-0.39, 0.29) is 23.6 Å². The van der Waals surface area contributed by atoms with Gasteiger partial charge in [0, 0.05) is 5.69 Å². The number of nitrogen functional groups attached to an aromatic ring is 1. The molecule has 0 atom stereocenters. The summed E-state index contributed by atoms with van der Waals surface area (Å²) in [5.41, 5.74) is 5.84. The number of aromatic nitrogens is 4. The van der Waals surface area contributed by atoms with Crippen molar-refractivity contribution >= 4 is 15.7 Å². The summed E-state index contributed by atoms with van der Waals surface area (Å²) in [5, 5.41) is 12.6. The van der Waals surface area contributed by atoms with Crippen LogP contribution < -0.4 is 10.5 Å². The van der Waals surface area contributed by atoms with Crippen LogP contribution in [0.25, 0.3) is 0 Å². The number of aromatic amines is 1. The molecule has 0 aliphatic heterocycles. The summed E-state index contributed by atoms with van der Waals surface area (Å²) < 4.78 is 39.9. The number of nitrogens with two attached hydrogens (primary N) is 1. The van der Waals surface area contributed by atoms with Gasteiger partial charge >= 0.3 is 0 Å². The van der Waals surface area contributed by atoms with Crippen molar-refractivity contribution in [3.63, 3.8) is 0 Å². The number of nitrogens with zero attached hydrogens (tertiary/aromatic N) is 3. The van der Waals surface area contributed by atoms with Gasteiger partial charge in [0.2, 0.25) is 10.0 Å². The average Bonchev–Trinajstić information content (AvgIpc) is 2.84. The van der Waals surface area contributed by atoms with Gasteiger partial charge in [-0.25, -0.2) is 17.5 Å². The Labute approximate surface area is 108 Å². The Morgan fingerprint density at radius 1 is 1.47 bits per heavy atom. The van der Waals surface area contributed by atoms with Crippen LogP contribution in [0, 0.1) is 12.7 Å². The fourth-order valence-electron chi connectivity index (χ4n) is 1.45. The summed E-state index contributed by atoms with van der Waals surface area (Å²) in [4.78, 5) is -0.506. The van der Waals surface area contributed by atoms with Gasteiger partial charge in [0.25, 0.3) is 0 Å². The smallest absolute Gasteiger partial charge is 0.243 e. The Bertz CT molecular complexity index is 685. The van der Waals surface area contributed by atoms with Gasteiger partial charge in [-0.3, -0.25) is 0 Å². The summed E-state index contributed by atoms with van der Waals surface area (Å²) in [7, 11) is -4.04. The largest absolute Gasteiger partial charge is 0.399 e. The van der Waals surface area contributed by atoms with E-state index >= 15 is 0 Å². The predicted octanol–water partition coefficient (Wildman–Crippen LogP) is -0.292. The molecule has 2 aromatic rings. The molecule has 0 aliphatic rings. The van der Waals surface area contributed by atoms with Gasteiger partial charge in [-0.05, 0) is 24.6 Å². The minimum absolute atomic E-state index is 0.143. The monoisotopic (exact) mass is 286 g/mol. The first kappa shape index (κ1) is 13.4. The summed E-state index contributed by atoms with van der Waals surface area (Å²) in [6.07, 6.45) is 0. The molecule has 0 amide bonds. The lowest BCUT2D eigenvalue weighted by atomic mass is 10.2. The van der Waals surface area contributed by atoms with Gasteiger partial charge in [0.05, 0.1) is 6.54 Å². The Hall–Kier alpha value is -2.07. The molecule has 0 radical (unpaired) electrons. The molecule has 0 bridgehead atoms. The third-order valence-corrected chi connectivity index (χ3v) is 3.74. The summed E-state index contributed by atoms with van der Waals surface area (Å²) in [6, 6.07) is 2.41. The van der Waals surface area contributed by atoms with Crippen LogP contribution in [0.2, 0.25) is 0 Å². The topological polar surface area (TPSA) is 127 Å². The second-order valence-electron chi connectivity index (χ2n) is 3.80. The highest BCUT2D eigenvalue weighted by Crippen LogP contribution is 2.21. The normalized spacial score (nSPS) is 11.7. The molecule has 0 saturated heterocycles. The van der Waals surface area contributed by atoms with Crippen LogP contribution >= 0.6 is 0 Å². The zero-order valence-electron chi connectivity index (χ0n) is 9.88. The van der Waals surface area contributed by atoms with Crippen molar-refractivity contribution in [2.24, 2.45) is 0 Å².